The number of carbonyl (C=O) groups excluding carboxylic acids is 3. The van der Waals surface area contributed by atoms with Crippen LogP contribution in [-0.2, 0) is 16.0 Å². The Hall–Kier alpha value is -4.63. The Morgan fingerprint density at radius 3 is 2.25 bits per heavy atom. The van der Waals surface area contributed by atoms with Crippen LogP contribution in [-0.4, -0.2) is 43.2 Å². The summed E-state index contributed by atoms with van der Waals surface area (Å²) in [6.07, 6.45) is 3.22. The van der Waals surface area contributed by atoms with Gasteiger partial charge in [0.25, 0.3) is 5.91 Å². The Labute approximate surface area is 208 Å². The van der Waals surface area contributed by atoms with Crippen molar-refractivity contribution in [2.75, 3.05) is 19.5 Å². The monoisotopic (exact) mass is 489 g/mol. The van der Waals surface area contributed by atoms with Gasteiger partial charge in [-0.05, 0) is 53.6 Å². The van der Waals surface area contributed by atoms with Crippen molar-refractivity contribution in [3.05, 3.63) is 95.6 Å². The SMILES string of the molecule is COc1ccc(/C=C/C(=O)NC(Cc2ccccc2)C(=O)Nc2ccc(C(=O)NO)cc2)cc1OC. The standard InChI is InChI=1S/C27H27N3O6/c1-35-23-14-8-19(17-24(23)36-2)9-15-25(31)29-22(16-18-6-4-3-5-7-18)27(33)28-21-12-10-20(11-13-21)26(32)30-34/h3-15,17,22,34H,16H2,1-2H3,(H,28,33)(H,29,31)(H,30,32)/b15-9+. The van der Waals surface area contributed by atoms with E-state index in [4.69, 9.17) is 14.7 Å². The molecule has 0 aromatic heterocycles. The van der Waals surface area contributed by atoms with Crippen molar-refractivity contribution in [3.63, 3.8) is 0 Å². The second kappa shape index (κ2) is 12.7. The van der Waals surface area contributed by atoms with Crippen LogP contribution in [0.4, 0.5) is 5.69 Å². The van der Waals surface area contributed by atoms with E-state index in [1.807, 2.05) is 30.3 Å². The van der Waals surface area contributed by atoms with Gasteiger partial charge in [-0.3, -0.25) is 19.6 Å². The van der Waals surface area contributed by atoms with Crippen molar-refractivity contribution in [2.24, 2.45) is 0 Å². The fraction of sp³-hybridized carbons (Fsp3) is 0.148. The number of benzene rings is 3. The van der Waals surface area contributed by atoms with Crippen LogP contribution < -0.4 is 25.6 Å². The molecule has 0 saturated carbocycles. The lowest BCUT2D eigenvalue weighted by molar-refractivity contribution is -0.123. The highest BCUT2D eigenvalue weighted by Crippen LogP contribution is 2.27. The number of nitrogens with one attached hydrogen (secondary N) is 3. The second-order valence-corrected chi connectivity index (χ2v) is 7.71. The van der Waals surface area contributed by atoms with E-state index in [0.717, 1.165) is 11.1 Å². The first-order valence-corrected chi connectivity index (χ1v) is 11.0. The van der Waals surface area contributed by atoms with Gasteiger partial charge in [-0.15, -0.1) is 0 Å². The number of hydrogen-bond donors (Lipinski definition) is 4. The van der Waals surface area contributed by atoms with E-state index in [0.29, 0.717) is 17.2 Å². The third-order valence-electron chi connectivity index (χ3n) is 5.27. The molecule has 186 valence electrons. The summed E-state index contributed by atoms with van der Waals surface area (Å²) in [6, 6.07) is 19.7. The fourth-order valence-corrected chi connectivity index (χ4v) is 3.41. The Kier molecular flexibility index (Phi) is 9.19. The van der Waals surface area contributed by atoms with Gasteiger partial charge in [-0.25, -0.2) is 5.48 Å². The molecule has 0 bridgehead atoms. The lowest BCUT2D eigenvalue weighted by Gasteiger charge is -2.18. The highest BCUT2D eigenvalue weighted by molar-refractivity contribution is 6.00. The normalized spacial score (nSPS) is 11.4. The third-order valence-corrected chi connectivity index (χ3v) is 5.27. The summed E-state index contributed by atoms with van der Waals surface area (Å²) in [5.41, 5.74) is 3.80. The number of amides is 3. The lowest BCUT2D eigenvalue weighted by atomic mass is 10.0. The first-order chi connectivity index (χ1) is 17.4. The minimum Gasteiger partial charge on any atom is -0.493 e. The highest BCUT2D eigenvalue weighted by atomic mass is 16.5. The smallest absolute Gasteiger partial charge is 0.274 e. The van der Waals surface area contributed by atoms with Crippen LogP contribution in [0, 0.1) is 0 Å². The van der Waals surface area contributed by atoms with Gasteiger partial charge >= 0.3 is 0 Å². The van der Waals surface area contributed by atoms with Gasteiger partial charge in [-0.1, -0.05) is 36.4 Å². The molecule has 0 saturated heterocycles. The van der Waals surface area contributed by atoms with Gasteiger partial charge in [0.1, 0.15) is 6.04 Å². The van der Waals surface area contributed by atoms with Gasteiger partial charge in [0.15, 0.2) is 11.5 Å². The summed E-state index contributed by atoms with van der Waals surface area (Å²) >= 11 is 0. The predicted octanol–water partition coefficient (Wildman–Crippen LogP) is 3.20. The van der Waals surface area contributed by atoms with E-state index in [9.17, 15) is 14.4 Å². The van der Waals surface area contributed by atoms with E-state index in [1.54, 1.807) is 36.9 Å². The Balaban J connectivity index is 1.73. The molecule has 0 heterocycles. The highest BCUT2D eigenvalue weighted by Gasteiger charge is 2.21. The summed E-state index contributed by atoms with van der Waals surface area (Å²) < 4.78 is 10.5. The summed E-state index contributed by atoms with van der Waals surface area (Å²) in [5, 5.41) is 14.2. The van der Waals surface area contributed by atoms with Crippen LogP contribution in [0.25, 0.3) is 6.08 Å². The van der Waals surface area contributed by atoms with E-state index in [1.165, 1.54) is 37.5 Å². The zero-order valence-electron chi connectivity index (χ0n) is 19.9. The number of anilines is 1. The van der Waals surface area contributed by atoms with Crippen LogP contribution in [0.1, 0.15) is 21.5 Å². The largest absolute Gasteiger partial charge is 0.493 e. The Morgan fingerprint density at radius 2 is 1.61 bits per heavy atom. The number of hydroxylamine groups is 1. The van der Waals surface area contributed by atoms with Gasteiger partial charge in [0.2, 0.25) is 11.8 Å². The molecule has 3 aromatic carbocycles. The molecule has 4 N–H and O–H groups in total. The molecule has 3 aromatic rings. The minimum absolute atomic E-state index is 0.227. The van der Waals surface area contributed by atoms with E-state index in [2.05, 4.69) is 10.6 Å². The van der Waals surface area contributed by atoms with Crippen molar-refractivity contribution < 1.29 is 29.1 Å². The van der Waals surface area contributed by atoms with Crippen LogP contribution in [0.15, 0.2) is 78.9 Å². The van der Waals surface area contributed by atoms with E-state index >= 15 is 0 Å². The molecule has 0 aliphatic rings. The molecule has 0 aliphatic carbocycles. The molecular weight excluding hydrogens is 462 g/mol. The van der Waals surface area contributed by atoms with Crippen LogP contribution >= 0.6 is 0 Å². The van der Waals surface area contributed by atoms with E-state index < -0.39 is 23.8 Å². The molecule has 0 spiro atoms. The molecule has 9 heteroatoms. The van der Waals surface area contributed by atoms with E-state index in [-0.39, 0.29) is 12.0 Å². The first kappa shape index (κ1) is 26.0. The minimum atomic E-state index is -0.865. The summed E-state index contributed by atoms with van der Waals surface area (Å²) in [5.74, 6) is -0.433. The van der Waals surface area contributed by atoms with Crippen LogP contribution in [0.3, 0.4) is 0 Å². The van der Waals surface area contributed by atoms with Crippen molar-refractivity contribution in [1.82, 2.24) is 10.8 Å². The predicted molar refractivity (Wildman–Crippen MR) is 135 cm³/mol. The topological polar surface area (TPSA) is 126 Å². The van der Waals surface area contributed by atoms with Gasteiger partial charge in [0, 0.05) is 23.7 Å². The molecule has 0 radical (unpaired) electrons. The van der Waals surface area contributed by atoms with Crippen molar-refractivity contribution >= 4 is 29.5 Å². The van der Waals surface area contributed by atoms with Crippen LogP contribution in [0.2, 0.25) is 0 Å². The average Bonchev–Trinajstić information content (AvgIpc) is 2.91. The quantitative estimate of drug-likeness (QED) is 0.197. The molecule has 36 heavy (non-hydrogen) atoms. The molecule has 1 atom stereocenters. The maximum atomic E-state index is 13.1. The zero-order chi connectivity index (χ0) is 25.9. The van der Waals surface area contributed by atoms with Crippen molar-refractivity contribution in [3.8, 4) is 11.5 Å². The summed E-state index contributed by atoms with van der Waals surface area (Å²) in [7, 11) is 3.07. The molecular formula is C27H27N3O6. The molecule has 0 aliphatic heterocycles. The molecule has 1 unspecified atom stereocenters. The number of ether oxygens (including phenoxy) is 2. The average molecular weight is 490 g/mol. The summed E-state index contributed by atoms with van der Waals surface area (Å²) in [4.78, 5) is 37.3. The summed E-state index contributed by atoms with van der Waals surface area (Å²) in [6.45, 7) is 0. The lowest BCUT2D eigenvalue weighted by Crippen LogP contribution is -2.44. The number of hydrogen-bond acceptors (Lipinski definition) is 6. The Morgan fingerprint density at radius 1 is 0.917 bits per heavy atom. The van der Waals surface area contributed by atoms with Gasteiger partial charge in [-0.2, -0.15) is 0 Å². The molecule has 0 fully saturated rings. The van der Waals surface area contributed by atoms with Gasteiger partial charge < -0.3 is 20.1 Å². The zero-order valence-corrected chi connectivity index (χ0v) is 19.9. The fourth-order valence-electron chi connectivity index (χ4n) is 3.41. The first-order valence-electron chi connectivity index (χ1n) is 11.0. The van der Waals surface area contributed by atoms with Crippen LogP contribution in [0.5, 0.6) is 11.5 Å². The second-order valence-electron chi connectivity index (χ2n) is 7.71. The third kappa shape index (κ3) is 7.18. The van der Waals surface area contributed by atoms with Crippen molar-refractivity contribution in [1.29, 1.82) is 0 Å². The maximum Gasteiger partial charge on any atom is 0.274 e. The molecule has 3 rings (SSSR count). The molecule has 3 amide bonds. The van der Waals surface area contributed by atoms with Gasteiger partial charge in [0.05, 0.1) is 14.2 Å². The number of carbonyl (C=O) groups is 3. The Bertz CT molecular complexity index is 1230. The maximum absolute atomic E-state index is 13.1. The van der Waals surface area contributed by atoms with Crippen molar-refractivity contribution in [2.45, 2.75) is 12.5 Å². The number of rotatable bonds is 10. The molecule has 9 nitrogen and oxygen atoms in total. The number of methoxy groups -OCH3 is 2.